The normalized spacial score (nSPS) is 16.6. The Kier molecular flexibility index (Phi) is 4.31. The molecule has 0 saturated carbocycles. The van der Waals surface area contributed by atoms with Crippen LogP contribution in [-0.2, 0) is 13.0 Å². The zero-order chi connectivity index (χ0) is 19.8. The van der Waals surface area contributed by atoms with Crippen molar-refractivity contribution in [3.63, 3.8) is 0 Å². The molecule has 1 amide bonds. The highest BCUT2D eigenvalue weighted by Crippen LogP contribution is 2.37. The van der Waals surface area contributed by atoms with Gasteiger partial charge in [-0.1, -0.05) is 24.3 Å². The number of para-hydroxylation sites is 1. The summed E-state index contributed by atoms with van der Waals surface area (Å²) in [4.78, 5) is 19.5. The van der Waals surface area contributed by atoms with Gasteiger partial charge in [-0.15, -0.1) is 0 Å². The molecule has 2 aromatic carbocycles. The Morgan fingerprint density at radius 3 is 2.93 bits per heavy atom. The summed E-state index contributed by atoms with van der Waals surface area (Å²) < 4.78 is 10.7. The van der Waals surface area contributed by atoms with Crippen LogP contribution in [0.25, 0.3) is 0 Å². The minimum absolute atomic E-state index is 0.133. The van der Waals surface area contributed by atoms with Crippen molar-refractivity contribution in [1.82, 2.24) is 10.3 Å². The first-order chi connectivity index (χ1) is 14.2. The SMILES string of the molecule is CC1Cc2ccccc2N1c1cc(C(=O)NCc2ccc3c(c2)OCO3)ccn1. The standard InChI is InChI=1S/C23H21N3O3/c1-15-10-17-4-2-3-5-19(17)26(15)22-12-18(8-9-24-22)23(27)25-13-16-6-7-20-21(11-16)29-14-28-20/h2-9,11-12,15H,10,13-14H2,1H3,(H,25,27). The molecule has 2 aliphatic rings. The number of nitrogens with one attached hydrogen (secondary N) is 1. The summed E-state index contributed by atoms with van der Waals surface area (Å²) >= 11 is 0. The summed E-state index contributed by atoms with van der Waals surface area (Å²) in [7, 11) is 0. The van der Waals surface area contributed by atoms with E-state index in [1.54, 1.807) is 12.3 Å². The van der Waals surface area contributed by atoms with Crippen molar-refractivity contribution in [2.45, 2.75) is 25.9 Å². The molecule has 6 nitrogen and oxygen atoms in total. The van der Waals surface area contributed by atoms with E-state index in [0.717, 1.165) is 29.2 Å². The summed E-state index contributed by atoms with van der Waals surface area (Å²) in [6.07, 6.45) is 2.66. The molecule has 0 spiro atoms. The first-order valence-electron chi connectivity index (χ1n) is 9.69. The van der Waals surface area contributed by atoms with E-state index in [0.29, 0.717) is 23.9 Å². The number of anilines is 2. The number of hydrogen-bond acceptors (Lipinski definition) is 5. The Morgan fingerprint density at radius 2 is 2.00 bits per heavy atom. The highest BCUT2D eigenvalue weighted by atomic mass is 16.7. The average Bonchev–Trinajstić information content (AvgIpc) is 3.34. The van der Waals surface area contributed by atoms with Gasteiger partial charge in [0, 0.05) is 30.0 Å². The summed E-state index contributed by atoms with van der Waals surface area (Å²) in [5, 5.41) is 2.97. The smallest absolute Gasteiger partial charge is 0.251 e. The number of hydrogen-bond donors (Lipinski definition) is 1. The second kappa shape index (κ2) is 7.13. The lowest BCUT2D eigenvalue weighted by Gasteiger charge is -2.24. The van der Waals surface area contributed by atoms with Crippen LogP contribution in [0.5, 0.6) is 11.5 Å². The molecule has 146 valence electrons. The number of rotatable bonds is 4. The lowest BCUT2D eigenvalue weighted by molar-refractivity contribution is 0.0950. The first-order valence-corrected chi connectivity index (χ1v) is 9.69. The summed E-state index contributed by atoms with van der Waals surface area (Å²) in [5.74, 6) is 2.10. The first kappa shape index (κ1) is 17.6. The molecule has 1 aromatic heterocycles. The third kappa shape index (κ3) is 3.27. The average molecular weight is 387 g/mol. The van der Waals surface area contributed by atoms with Crippen LogP contribution in [0.3, 0.4) is 0 Å². The van der Waals surface area contributed by atoms with Crippen LogP contribution < -0.4 is 19.7 Å². The molecule has 0 saturated heterocycles. The molecule has 6 heteroatoms. The third-order valence-electron chi connectivity index (χ3n) is 5.35. The Morgan fingerprint density at radius 1 is 1.14 bits per heavy atom. The van der Waals surface area contributed by atoms with E-state index in [4.69, 9.17) is 9.47 Å². The van der Waals surface area contributed by atoms with Gasteiger partial charge < -0.3 is 19.7 Å². The van der Waals surface area contributed by atoms with Crippen LogP contribution in [0.15, 0.2) is 60.8 Å². The number of pyridine rings is 1. The van der Waals surface area contributed by atoms with Crippen LogP contribution in [-0.4, -0.2) is 23.7 Å². The zero-order valence-corrected chi connectivity index (χ0v) is 16.1. The van der Waals surface area contributed by atoms with Crippen molar-refractivity contribution in [3.8, 4) is 11.5 Å². The largest absolute Gasteiger partial charge is 0.454 e. The van der Waals surface area contributed by atoms with E-state index < -0.39 is 0 Å². The number of aromatic nitrogens is 1. The van der Waals surface area contributed by atoms with Gasteiger partial charge in [0.2, 0.25) is 6.79 Å². The highest BCUT2D eigenvalue weighted by Gasteiger charge is 2.28. The molecule has 5 rings (SSSR count). The van der Waals surface area contributed by atoms with Crippen LogP contribution in [0.2, 0.25) is 0 Å². The molecule has 1 N–H and O–H groups in total. The molecular formula is C23H21N3O3. The van der Waals surface area contributed by atoms with Gasteiger partial charge in [-0.25, -0.2) is 4.98 Å². The van der Waals surface area contributed by atoms with Crippen molar-refractivity contribution in [3.05, 3.63) is 77.5 Å². The maximum Gasteiger partial charge on any atom is 0.251 e. The van der Waals surface area contributed by atoms with Crippen LogP contribution >= 0.6 is 0 Å². The summed E-state index contributed by atoms with van der Waals surface area (Å²) in [5.41, 5.74) is 4.01. The molecule has 0 radical (unpaired) electrons. The van der Waals surface area contributed by atoms with Gasteiger partial charge in [0.1, 0.15) is 5.82 Å². The van der Waals surface area contributed by atoms with E-state index >= 15 is 0 Å². The van der Waals surface area contributed by atoms with Crippen LogP contribution in [0, 0.1) is 0 Å². The predicted molar refractivity (Wildman–Crippen MR) is 110 cm³/mol. The number of amides is 1. The number of carbonyl (C=O) groups is 1. The zero-order valence-electron chi connectivity index (χ0n) is 16.1. The number of benzene rings is 2. The van der Waals surface area contributed by atoms with Crippen LogP contribution in [0.4, 0.5) is 11.5 Å². The van der Waals surface area contributed by atoms with E-state index in [-0.39, 0.29) is 12.7 Å². The van der Waals surface area contributed by atoms with Gasteiger partial charge in [-0.2, -0.15) is 0 Å². The molecule has 3 aromatic rings. The van der Waals surface area contributed by atoms with Crippen molar-refractivity contribution < 1.29 is 14.3 Å². The number of fused-ring (bicyclic) bond motifs is 2. The van der Waals surface area contributed by atoms with Gasteiger partial charge in [0.25, 0.3) is 5.91 Å². The van der Waals surface area contributed by atoms with E-state index in [2.05, 4.69) is 40.3 Å². The minimum Gasteiger partial charge on any atom is -0.454 e. The van der Waals surface area contributed by atoms with E-state index in [1.807, 2.05) is 30.3 Å². The number of ether oxygens (including phenoxy) is 2. The molecule has 1 atom stereocenters. The van der Waals surface area contributed by atoms with Crippen molar-refractivity contribution in [2.24, 2.45) is 0 Å². The third-order valence-corrected chi connectivity index (χ3v) is 5.35. The molecule has 2 aliphatic heterocycles. The number of carbonyl (C=O) groups excluding carboxylic acids is 1. The fourth-order valence-corrected chi connectivity index (χ4v) is 3.94. The second-order valence-electron chi connectivity index (χ2n) is 7.32. The quantitative estimate of drug-likeness (QED) is 0.737. The fourth-order valence-electron chi connectivity index (χ4n) is 3.94. The summed E-state index contributed by atoms with van der Waals surface area (Å²) in [6, 6.07) is 17.9. The van der Waals surface area contributed by atoms with Gasteiger partial charge in [-0.05, 0) is 54.8 Å². The lowest BCUT2D eigenvalue weighted by Crippen LogP contribution is -2.26. The minimum atomic E-state index is -0.133. The maximum atomic E-state index is 12.7. The predicted octanol–water partition coefficient (Wildman–Crippen LogP) is 3.82. The van der Waals surface area contributed by atoms with Gasteiger partial charge in [-0.3, -0.25) is 4.79 Å². The van der Waals surface area contributed by atoms with Crippen molar-refractivity contribution >= 4 is 17.4 Å². The molecule has 0 bridgehead atoms. The van der Waals surface area contributed by atoms with E-state index in [1.165, 1.54) is 5.56 Å². The Balaban J connectivity index is 1.33. The Bertz CT molecular complexity index is 1080. The Labute approximate surface area is 169 Å². The Hall–Kier alpha value is -3.54. The molecule has 1 unspecified atom stereocenters. The van der Waals surface area contributed by atoms with Crippen LogP contribution in [0.1, 0.15) is 28.4 Å². The molecule has 29 heavy (non-hydrogen) atoms. The summed E-state index contributed by atoms with van der Waals surface area (Å²) in [6.45, 7) is 2.83. The molecule has 0 aliphatic carbocycles. The molecule has 0 fully saturated rings. The van der Waals surface area contributed by atoms with Crippen molar-refractivity contribution in [2.75, 3.05) is 11.7 Å². The topological polar surface area (TPSA) is 63.7 Å². The number of nitrogens with zero attached hydrogens (tertiary/aromatic N) is 2. The van der Waals surface area contributed by atoms with E-state index in [9.17, 15) is 4.79 Å². The van der Waals surface area contributed by atoms with Gasteiger partial charge in [0.15, 0.2) is 11.5 Å². The van der Waals surface area contributed by atoms with Gasteiger partial charge >= 0.3 is 0 Å². The molecule has 3 heterocycles. The molecular weight excluding hydrogens is 366 g/mol. The van der Waals surface area contributed by atoms with Gasteiger partial charge in [0.05, 0.1) is 0 Å². The lowest BCUT2D eigenvalue weighted by atomic mass is 10.1. The van der Waals surface area contributed by atoms with Crippen molar-refractivity contribution in [1.29, 1.82) is 0 Å². The fraction of sp³-hybridized carbons (Fsp3) is 0.217. The second-order valence-corrected chi connectivity index (χ2v) is 7.32. The monoisotopic (exact) mass is 387 g/mol. The highest BCUT2D eigenvalue weighted by molar-refractivity contribution is 5.95. The maximum absolute atomic E-state index is 12.7.